The second kappa shape index (κ2) is 27.5. The maximum absolute atomic E-state index is 11.4. The summed E-state index contributed by atoms with van der Waals surface area (Å²) in [5, 5.41) is 17.9. The van der Waals surface area contributed by atoms with Crippen molar-refractivity contribution >= 4 is 5.97 Å². The first kappa shape index (κ1) is 45.5. The summed E-state index contributed by atoms with van der Waals surface area (Å²) in [7, 11) is 0. The van der Waals surface area contributed by atoms with Gasteiger partial charge in [-0.15, -0.1) is 0 Å². The van der Waals surface area contributed by atoms with E-state index in [1.54, 1.807) is 0 Å². The van der Waals surface area contributed by atoms with Crippen molar-refractivity contribution in [2.75, 3.05) is 19.8 Å². The number of carboxylic acids is 1. The molecule has 2 N–H and O–H groups in total. The van der Waals surface area contributed by atoms with Crippen LogP contribution in [-0.4, -0.2) is 47.2 Å². The van der Waals surface area contributed by atoms with Gasteiger partial charge in [0.2, 0.25) is 0 Å². The number of carboxylic acid groups (broad SMARTS) is 1. The smallest absolute Gasteiger partial charge is 0.306 e. The van der Waals surface area contributed by atoms with Crippen molar-refractivity contribution in [1.29, 1.82) is 0 Å². The van der Waals surface area contributed by atoms with E-state index in [1.807, 2.05) is 13.8 Å². The van der Waals surface area contributed by atoms with Crippen molar-refractivity contribution in [2.24, 2.45) is 17.3 Å². The average molecular weight is 629 g/mol. The first-order valence-electron chi connectivity index (χ1n) is 19.2. The fraction of sp³-hybridized carbons (Fsp3) is 0.974. The third kappa shape index (κ3) is 16.8. The first-order chi connectivity index (χ1) is 21.1. The molecule has 0 aromatic heterocycles. The molecular formula is C39H80O5. The zero-order valence-electron chi connectivity index (χ0n) is 31.5. The van der Waals surface area contributed by atoms with Crippen LogP contribution in [0.25, 0.3) is 0 Å². The van der Waals surface area contributed by atoms with Crippen LogP contribution in [0, 0.1) is 17.3 Å². The molecule has 44 heavy (non-hydrogen) atoms. The molecule has 0 aromatic rings. The standard InChI is InChI=1S/C27H54O4.C12H26O/c1-10-23(11-2)22(9)21-31-27(16-7,17-8)25(12-3,13-4)18-19-30-26(14-5,15-6)20-24(28)29;1-2-3-4-5-6-7-8-9-10-11-12-13/h22-23H,10-21H2,1-9H3,(H,28,29);13H,2-12H2,1H3. The highest BCUT2D eigenvalue weighted by Gasteiger charge is 2.48. The molecule has 0 aliphatic heterocycles. The molecule has 0 rings (SSSR count). The molecule has 5 nitrogen and oxygen atoms in total. The predicted molar refractivity (Wildman–Crippen MR) is 191 cm³/mol. The van der Waals surface area contributed by atoms with E-state index in [0.29, 0.717) is 25.0 Å². The fourth-order valence-electron chi connectivity index (χ4n) is 7.45. The quantitative estimate of drug-likeness (QED) is 0.0806. The Morgan fingerprint density at radius 2 is 1.14 bits per heavy atom. The Kier molecular flexibility index (Phi) is 28.4. The van der Waals surface area contributed by atoms with Crippen LogP contribution in [0.2, 0.25) is 0 Å². The Hall–Kier alpha value is -0.650. The van der Waals surface area contributed by atoms with E-state index in [-0.39, 0.29) is 17.4 Å². The molecule has 1 atom stereocenters. The van der Waals surface area contributed by atoms with Crippen LogP contribution in [0.5, 0.6) is 0 Å². The lowest BCUT2D eigenvalue weighted by Gasteiger charge is -2.51. The van der Waals surface area contributed by atoms with Crippen molar-refractivity contribution in [3.05, 3.63) is 0 Å². The molecular weight excluding hydrogens is 548 g/mol. The summed E-state index contributed by atoms with van der Waals surface area (Å²) < 4.78 is 13.2. The van der Waals surface area contributed by atoms with Gasteiger partial charge >= 0.3 is 5.97 Å². The van der Waals surface area contributed by atoms with Crippen molar-refractivity contribution in [3.8, 4) is 0 Å². The molecule has 0 bridgehead atoms. The van der Waals surface area contributed by atoms with Gasteiger partial charge in [0.1, 0.15) is 0 Å². The maximum atomic E-state index is 11.4. The molecule has 266 valence electrons. The number of ether oxygens (including phenoxy) is 2. The highest BCUT2D eigenvalue weighted by molar-refractivity contribution is 5.68. The molecule has 0 heterocycles. The van der Waals surface area contributed by atoms with Crippen LogP contribution >= 0.6 is 0 Å². The van der Waals surface area contributed by atoms with Crippen molar-refractivity contribution in [2.45, 2.75) is 209 Å². The molecule has 0 saturated carbocycles. The number of aliphatic hydroxyl groups is 1. The van der Waals surface area contributed by atoms with Crippen LogP contribution in [-0.2, 0) is 14.3 Å². The summed E-state index contributed by atoms with van der Waals surface area (Å²) in [6.07, 6.45) is 22.2. The lowest BCUT2D eigenvalue weighted by atomic mass is 9.63. The van der Waals surface area contributed by atoms with Gasteiger partial charge in [-0.05, 0) is 63.2 Å². The molecule has 0 aliphatic rings. The van der Waals surface area contributed by atoms with Gasteiger partial charge in [-0.25, -0.2) is 0 Å². The van der Waals surface area contributed by atoms with Crippen LogP contribution in [0.1, 0.15) is 198 Å². The largest absolute Gasteiger partial charge is 0.481 e. The Labute approximate surface area is 276 Å². The molecule has 0 amide bonds. The lowest BCUT2D eigenvalue weighted by Crippen LogP contribution is -2.51. The highest BCUT2D eigenvalue weighted by atomic mass is 16.5. The summed E-state index contributed by atoms with van der Waals surface area (Å²) >= 11 is 0. The minimum Gasteiger partial charge on any atom is -0.481 e. The molecule has 0 aromatic carbocycles. The van der Waals surface area contributed by atoms with Crippen molar-refractivity contribution in [3.63, 3.8) is 0 Å². The van der Waals surface area contributed by atoms with Gasteiger partial charge in [0.15, 0.2) is 0 Å². The summed E-state index contributed by atoms with van der Waals surface area (Å²) in [4.78, 5) is 11.4. The van der Waals surface area contributed by atoms with E-state index in [9.17, 15) is 9.90 Å². The third-order valence-electron chi connectivity index (χ3n) is 11.2. The summed E-state index contributed by atoms with van der Waals surface area (Å²) in [5.41, 5.74) is -0.709. The second-order valence-electron chi connectivity index (χ2n) is 13.5. The molecule has 0 fully saturated rings. The van der Waals surface area contributed by atoms with Gasteiger partial charge in [-0.2, -0.15) is 0 Å². The van der Waals surface area contributed by atoms with E-state index in [1.165, 1.54) is 70.6 Å². The maximum Gasteiger partial charge on any atom is 0.306 e. The molecule has 0 saturated heterocycles. The van der Waals surface area contributed by atoms with E-state index in [4.69, 9.17) is 14.6 Å². The zero-order chi connectivity index (χ0) is 33.9. The van der Waals surface area contributed by atoms with Gasteiger partial charge in [0.05, 0.1) is 24.2 Å². The average Bonchev–Trinajstić information content (AvgIpc) is 3.03. The topological polar surface area (TPSA) is 76.0 Å². The summed E-state index contributed by atoms with van der Waals surface area (Å²) in [5.74, 6) is 0.479. The number of hydrogen-bond donors (Lipinski definition) is 2. The van der Waals surface area contributed by atoms with Gasteiger partial charge in [0.25, 0.3) is 0 Å². The van der Waals surface area contributed by atoms with E-state index in [0.717, 1.165) is 58.0 Å². The number of unbranched alkanes of at least 4 members (excludes halogenated alkanes) is 9. The van der Waals surface area contributed by atoms with E-state index >= 15 is 0 Å². The molecule has 0 spiro atoms. The Bertz CT molecular complexity index is 622. The zero-order valence-corrected chi connectivity index (χ0v) is 31.5. The normalized spacial score (nSPS) is 13.2. The van der Waals surface area contributed by atoms with Crippen molar-refractivity contribution < 1.29 is 24.5 Å². The molecule has 1 unspecified atom stereocenters. The number of aliphatic carboxylic acids is 1. The SMILES string of the molecule is CCC(CC)C(C)COC(CC)(CC)C(CC)(CC)CCOC(CC)(CC)CC(=O)O.CCCCCCCCCCCCO. The van der Waals surface area contributed by atoms with Crippen LogP contribution in [0.4, 0.5) is 0 Å². The summed E-state index contributed by atoms with van der Waals surface area (Å²) in [6, 6.07) is 0. The van der Waals surface area contributed by atoms with Crippen LogP contribution in [0.3, 0.4) is 0 Å². The summed E-state index contributed by atoms with van der Waals surface area (Å²) in [6.45, 7) is 24.1. The fourth-order valence-corrected chi connectivity index (χ4v) is 7.45. The monoisotopic (exact) mass is 629 g/mol. The minimum absolute atomic E-state index is 0.0284. The van der Waals surface area contributed by atoms with Gasteiger partial charge < -0.3 is 19.7 Å². The number of hydrogen-bond acceptors (Lipinski definition) is 4. The molecule has 5 heteroatoms. The van der Waals surface area contributed by atoms with Gasteiger partial charge in [0, 0.05) is 18.6 Å². The third-order valence-corrected chi connectivity index (χ3v) is 11.2. The van der Waals surface area contributed by atoms with Gasteiger partial charge in [-0.3, -0.25) is 4.79 Å². The van der Waals surface area contributed by atoms with E-state index < -0.39 is 11.6 Å². The van der Waals surface area contributed by atoms with Crippen LogP contribution in [0.15, 0.2) is 0 Å². The van der Waals surface area contributed by atoms with Crippen LogP contribution < -0.4 is 0 Å². The Morgan fingerprint density at radius 3 is 1.50 bits per heavy atom. The highest BCUT2D eigenvalue weighted by Crippen LogP contribution is 2.49. The van der Waals surface area contributed by atoms with Gasteiger partial charge in [-0.1, -0.05) is 140 Å². The number of aliphatic hydroxyl groups excluding tert-OH is 1. The predicted octanol–water partition coefficient (Wildman–Crippen LogP) is 11.8. The first-order valence-corrected chi connectivity index (χ1v) is 19.2. The minimum atomic E-state index is -0.781. The number of rotatable bonds is 29. The Morgan fingerprint density at radius 1 is 0.659 bits per heavy atom. The molecule has 0 radical (unpaired) electrons. The lowest BCUT2D eigenvalue weighted by molar-refractivity contribution is -0.173. The number of carbonyl (C=O) groups is 1. The molecule has 0 aliphatic carbocycles. The van der Waals surface area contributed by atoms with Crippen molar-refractivity contribution in [1.82, 2.24) is 0 Å². The van der Waals surface area contributed by atoms with E-state index in [2.05, 4.69) is 55.4 Å². The second-order valence-corrected chi connectivity index (χ2v) is 13.5. The Balaban J connectivity index is 0.